The second kappa shape index (κ2) is 5.70. The summed E-state index contributed by atoms with van der Waals surface area (Å²) < 4.78 is 33.5. The first-order valence-electron chi connectivity index (χ1n) is 7.57. The monoisotopic (exact) mass is 313 g/mol. The number of hydrogen-bond donors (Lipinski definition) is 0. The van der Waals surface area contributed by atoms with Gasteiger partial charge in [0.1, 0.15) is 4.90 Å². The van der Waals surface area contributed by atoms with E-state index in [1.54, 1.807) is 22.3 Å². The maximum Gasteiger partial charge on any atom is 0.246 e. The van der Waals surface area contributed by atoms with Crippen molar-refractivity contribution in [2.24, 2.45) is 5.41 Å². The quantitative estimate of drug-likeness (QED) is 0.826. The van der Waals surface area contributed by atoms with Crippen molar-refractivity contribution < 1.29 is 13.2 Å². The largest absolute Gasteiger partial charge is 0.383 e. The number of piperidine rings is 1. The van der Waals surface area contributed by atoms with Gasteiger partial charge < -0.3 is 4.74 Å². The first kappa shape index (κ1) is 15.0. The molecule has 118 valence electrons. The molecular weight excluding hydrogens is 290 g/mol. The van der Waals surface area contributed by atoms with Crippen LogP contribution >= 0.6 is 0 Å². The molecule has 2 heterocycles. The van der Waals surface area contributed by atoms with Crippen molar-refractivity contribution in [3.63, 3.8) is 0 Å². The highest BCUT2D eigenvalue weighted by atomic mass is 32.2. The molecule has 7 heteroatoms. The van der Waals surface area contributed by atoms with Gasteiger partial charge in [-0.2, -0.15) is 9.40 Å². The lowest BCUT2D eigenvalue weighted by atomic mass is 9.63. The highest BCUT2D eigenvalue weighted by Gasteiger charge is 2.42. The zero-order valence-corrected chi connectivity index (χ0v) is 13.3. The number of methoxy groups -OCH3 is 1. The maximum absolute atomic E-state index is 12.6. The fourth-order valence-electron chi connectivity index (χ4n) is 3.31. The lowest BCUT2D eigenvalue weighted by molar-refractivity contribution is 0.0609. The number of ether oxygens (including phenoxy) is 1. The molecule has 1 spiro atoms. The summed E-state index contributed by atoms with van der Waals surface area (Å²) in [6.07, 6.45) is 8.90. The van der Waals surface area contributed by atoms with Crippen LogP contribution in [0.4, 0.5) is 0 Å². The molecule has 1 aromatic heterocycles. The van der Waals surface area contributed by atoms with Gasteiger partial charge in [0.05, 0.1) is 19.3 Å². The Bertz CT molecular complexity index is 582. The SMILES string of the molecule is COCCn1cc(S(=O)(=O)N2CCC3(CCC3)CC2)cn1. The van der Waals surface area contributed by atoms with E-state index in [2.05, 4.69) is 5.10 Å². The van der Waals surface area contributed by atoms with Crippen molar-refractivity contribution in [3.8, 4) is 0 Å². The van der Waals surface area contributed by atoms with Crippen molar-refractivity contribution in [1.29, 1.82) is 0 Å². The standard InChI is InChI=1S/C14H23N3O3S/c1-20-10-9-16-12-13(11-15-16)21(18,19)17-7-5-14(6-8-17)3-2-4-14/h11-12H,2-10H2,1H3. The first-order chi connectivity index (χ1) is 10.1. The summed E-state index contributed by atoms with van der Waals surface area (Å²) in [5.41, 5.74) is 0.453. The summed E-state index contributed by atoms with van der Waals surface area (Å²) in [6, 6.07) is 0. The van der Waals surface area contributed by atoms with Crippen LogP contribution in [0.5, 0.6) is 0 Å². The molecular formula is C14H23N3O3S. The molecule has 0 aromatic carbocycles. The summed E-state index contributed by atoms with van der Waals surface area (Å²) in [6.45, 7) is 2.37. The van der Waals surface area contributed by atoms with Gasteiger partial charge in [-0.25, -0.2) is 8.42 Å². The van der Waals surface area contributed by atoms with Crippen LogP contribution < -0.4 is 0 Å². The summed E-state index contributed by atoms with van der Waals surface area (Å²) in [4.78, 5) is 0.295. The van der Waals surface area contributed by atoms with E-state index in [4.69, 9.17) is 4.74 Å². The molecule has 0 unspecified atom stereocenters. The summed E-state index contributed by atoms with van der Waals surface area (Å²) in [5.74, 6) is 0. The van der Waals surface area contributed by atoms with Crippen LogP contribution in [0, 0.1) is 5.41 Å². The van der Waals surface area contributed by atoms with Crippen LogP contribution in [0.15, 0.2) is 17.3 Å². The van der Waals surface area contributed by atoms with E-state index in [9.17, 15) is 8.42 Å². The van der Waals surface area contributed by atoms with Crippen LogP contribution in [-0.4, -0.2) is 49.3 Å². The van der Waals surface area contributed by atoms with Crippen molar-refractivity contribution in [2.45, 2.75) is 43.5 Å². The second-order valence-corrected chi connectivity index (χ2v) is 8.13. The van der Waals surface area contributed by atoms with Crippen LogP contribution in [0.3, 0.4) is 0 Å². The average molecular weight is 313 g/mol. The van der Waals surface area contributed by atoms with Crippen LogP contribution in [0.25, 0.3) is 0 Å². The Kier molecular flexibility index (Phi) is 4.07. The topological polar surface area (TPSA) is 64.4 Å². The summed E-state index contributed by atoms with van der Waals surface area (Å²) in [5, 5.41) is 4.10. The Hall–Kier alpha value is -0.920. The molecule has 3 rings (SSSR count). The van der Waals surface area contributed by atoms with E-state index in [0.29, 0.717) is 36.6 Å². The fraction of sp³-hybridized carbons (Fsp3) is 0.786. The lowest BCUT2D eigenvalue weighted by Crippen LogP contribution is -2.45. The van der Waals surface area contributed by atoms with E-state index in [0.717, 1.165) is 12.8 Å². The predicted molar refractivity (Wildman–Crippen MR) is 78.4 cm³/mol. The molecule has 1 aliphatic heterocycles. The molecule has 1 saturated heterocycles. The highest BCUT2D eigenvalue weighted by Crippen LogP contribution is 2.49. The van der Waals surface area contributed by atoms with Gasteiger partial charge in [0.25, 0.3) is 0 Å². The van der Waals surface area contributed by atoms with E-state index < -0.39 is 10.0 Å². The number of aromatic nitrogens is 2. The Morgan fingerprint density at radius 2 is 2.00 bits per heavy atom. The zero-order chi connectivity index (χ0) is 14.9. The van der Waals surface area contributed by atoms with Crippen molar-refractivity contribution in [3.05, 3.63) is 12.4 Å². The van der Waals surface area contributed by atoms with Gasteiger partial charge in [-0.1, -0.05) is 6.42 Å². The third kappa shape index (κ3) is 2.86. The van der Waals surface area contributed by atoms with Gasteiger partial charge >= 0.3 is 0 Å². The van der Waals surface area contributed by atoms with Gasteiger partial charge in [-0.15, -0.1) is 0 Å². The smallest absolute Gasteiger partial charge is 0.246 e. The van der Waals surface area contributed by atoms with Crippen LogP contribution in [-0.2, 0) is 21.3 Å². The molecule has 2 aliphatic rings. The average Bonchev–Trinajstić information content (AvgIpc) is 2.93. The number of rotatable bonds is 5. The molecule has 2 fully saturated rings. The third-order valence-corrected chi connectivity index (χ3v) is 6.82. The minimum atomic E-state index is -3.39. The molecule has 21 heavy (non-hydrogen) atoms. The Morgan fingerprint density at radius 3 is 2.57 bits per heavy atom. The number of hydrogen-bond acceptors (Lipinski definition) is 4. The zero-order valence-electron chi connectivity index (χ0n) is 12.5. The minimum Gasteiger partial charge on any atom is -0.383 e. The van der Waals surface area contributed by atoms with E-state index in [1.165, 1.54) is 25.5 Å². The molecule has 0 bridgehead atoms. The van der Waals surface area contributed by atoms with Gasteiger partial charge in [-0.05, 0) is 31.1 Å². The Balaban J connectivity index is 1.67. The maximum atomic E-state index is 12.6. The van der Waals surface area contributed by atoms with Gasteiger partial charge in [0.2, 0.25) is 10.0 Å². The second-order valence-electron chi connectivity index (χ2n) is 6.19. The third-order valence-electron chi connectivity index (χ3n) is 4.97. The van der Waals surface area contributed by atoms with Gasteiger partial charge in [0.15, 0.2) is 0 Å². The van der Waals surface area contributed by atoms with E-state index >= 15 is 0 Å². The molecule has 6 nitrogen and oxygen atoms in total. The molecule has 0 radical (unpaired) electrons. The predicted octanol–water partition coefficient (Wildman–Crippen LogP) is 1.48. The minimum absolute atomic E-state index is 0.295. The molecule has 0 atom stereocenters. The van der Waals surface area contributed by atoms with Crippen LogP contribution in [0.1, 0.15) is 32.1 Å². The van der Waals surface area contributed by atoms with E-state index in [1.807, 2.05) is 0 Å². The number of sulfonamides is 1. The highest BCUT2D eigenvalue weighted by molar-refractivity contribution is 7.89. The van der Waals surface area contributed by atoms with Crippen LogP contribution in [0.2, 0.25) is 0 Å². The molecule has 1 saturated carbocycles. The van der Waals surface area contributed by atoms with Gasteiger partial charge in [-0.3, -0.25) is 4.68 Å². The molecule has 0 N–H and O–H groups in total. The number of nitrogens with zero attached hydrogens (tertiary/aromatic N) is 3. The fourth-order valence-corrected chi connectivity index (χ4v) is 4.71. The Labute approximate surface area is 126 Å². The first-order valence-corrected chi connectivity index (χ1v) is 9.01. The van der Waals surface area contributed by atoms with E-state index in [-0.39, 0.29) is 0 Å². The molecule has 1 aliphatic carbocycles. The Morgan fingerprint density at radius 1 is 1.29 bits per heavy atom. The summed E-state index contributed by atoms with van der Waals surface area (Å²) >= 11 is 0. The van der Waals surface area contributed by atoms with Crippen molar-refractivity contribution in [2.75, 3.05) is 26.8 Å². The van der Waals surface area contributed by atoms with Crippen molar-refractivity contribution in [1.82, 2.24) is 14.1 Å². The lowest BCUT2D eigenvalue weighted by Gasteiger charge is -2.47. The van der Waals surface area contributed by atoms with Crippen molar-refractivity contribution >= 4 is 10.0 Å². The normalized spacial score (nSPS) is 22.3. The molecule has 0 amide bonds. The summed E-state index contributed by atoms with van der Waals surface area (Å²) in [7, 11) is -1.78. The van der Waals surface area contributed by atoms with Gasteiger partial charge in [0, 0.05) is 26.4 Å². The molecule has 1 aromatic rings.